The zero-order chi connectivity index (χ0) is 21.5. The number of nitrogens with zero attached hydrogens (tertiary/aromatic N) is 1. The van der Waals surface area contributed by atoms with E-state index in [0.29, 0.717) is 24.0 Å². The summed E-state index contributed by atoms with van der Waals surface area (Å²) >= 11 is 0. The van der Waals surface area contributed by atoms with Gasteiger partial charge < -0.3 is 9.72 Å². The van der Waals surface area contributed by atoms with Crippen LogP contribution in [0.1, 0.15) is 47.4 Å². The molecule has 0 fully saturated rings. The number of ketones is 1. The highest BCUT2D eigenvalue weighted by Crippen LogP contribution is 2.40. The van der Waals surface area contributed by atoms with E-state index < -0.39 is 6.36 Å². The third-order valence-electron chi connectivity index (χ3n) is 5.24. The quantitative estimate of drug-likeness (QED) is 0.594. The maximum absolute atomic E-state index is 13.0. The lowest BCUT2D eigenvalue weighted by molar-refractivity contribution is -0.274. The number of alkyl halides is 3. The van der Waals surface area contributed by atoms with E-state index in [4.69, 9.17) is 0 Å². The number of hydrogen-bond donors (Lipinski definition) is 1. The van der Waals surface area contributed by atoms with Crippen molar-refractivity contribution < 1.29 is 22.7 Å². The molecule has 0 amide bonds. The van der Waals surface area contributed by atoms with E-state index >= 15 is 0 Å². The summed E-state index contributed by atoms with van der Waals surface area (Å²) in [4.78, 5) is 20.5. The first-order valence-electron chi connectivity index (χ1n) is 9.63. The van der Waals surface area contributed by atoms with Crippen molar-refractivity contribution >= 4 is 5.78 Å². The molecule has 0 spiro atoms. The second kappa shape index (κ2) is 7.31. The molecular formula is C23H21F3N2O2. The highest BCUT2D eigenvalue weighted by atomic mass is 19.4. The number of fused-ring (bicyclic) bond motifs is 1. The lowest BCUT2D eigenvalue weighted by Crippen LogP contribution is -2.27. The number of ether oxygens (including phenoxy) is 1. The van der Waals surface area contributed by atoms with Crippen LogP contribution in [0.5, 0.6) is 5.75 Å². The Morgan fingerprint density at radius 1 is 1.13 bits per heavy atom. The molecule has 0 radical (unpaired) electrons. The van der Waals surface area contributed by atoms with Crippen LogP contribution in [0.4, 0.5) is 13.2 Å². The van der Waals surface area contributed by atoms with Crippen molar-refractivity contribution in [1.82, 2.24) is 9.97 Å². The van der Waals surface area contributed by atoms with E-state index in [0.717, 1.165) is 28.9 Å². The molecule has 0 atom stereocenters. The van der Waals surface area contributed by atoms with Gasteiger partial charge in [-0.25, -0.2) is 0 Å². The predicted molar refractivity (Wildman–Crippen MR) is 106 cm³/mol. The molecule has 1 aliphatic carbocycles. The molecule has 1 aliphatic rings. The van der Waals surface area contributed by atoms with Crippen LogP contribution in [0.25, 0.3) is 11.3 Å². The maximum Gasteiger partial charge on any atom is 0.573 e. The van der Waals surface area contributed by atoms with Crippen LogP contribution in [-0.2, 0) is 12.8 Å². The fourth-order valence-corrected chi connectivity index (χ4v) is 4.13. The fourth-order valence-electron chi connectivity index (χ4n) is 4.13. The molecule has 1 N–H and O–H groups in total. The van der Waals surface area contributed by atoms with Crippen LogP contribution in [0, 0.1) is 5.41 Å². The van der Waals surface area contributed by atoms with Gasteiger partial charge in [-0.2, -0.15) is 0 Å². The molecule has 2 heterocycles. The second-order valence-electron chi connectivity index (χ2n) is 8.38. The average molecular weight is 414 g/mol. The van der Waals surface area contributed by atoms with Crippen molar-refractivity contribution in [3.63, 3.8) is 0 Å². The normalized spacial score (nSPS) is 15.7. The number of H-pyrrole nitrogens is 1. The van der Waals surface area contributed by atoms with E-state index in [2.05, 4.69) is 28.6 Å². The topological polar surface area (TPSA) is 55.0 Å². The monoisotopic (exact) mass is 414 g/mol. The number of carbonyl (C=O) groups excluding carboxylic acids is 1. The van der Waals surface area contributed by atoms with Crippen LogP contribution in [-0.4, -0.2) is 22.1 Å². The van der Waals surface area contributed by atoms with Crippen LogP contribution in [0.2, 0.25) is 0 Å². The van der Waals surface area contributed by atoms with E-state index in [-0.39, 0.29) is 16.9 Å². The van der Waals surface area contributed by atoms with Crippen LogP contribution in [0.3, 0.4) is 0 Å². The van der Waals surface area contributed by atoms with Gasteiger partial charge in [-0.05, 0) is 47.2 Å². The smallest absolute Gasteiger partial charge is 0.406 e. The Bertz CT molecular complexity index is 1090. The van der Waals surface area contributed by atoms with E-state index in [1.165, 1.54) is 18.2 Å². The number of carbonyl (C=O) groups is 1. The summed E-state index contributed by atoms with van der Waals surface area (Å²) in [7, 11) is 0. The van der Waals surface area contributed by atoms with Gasteiger partial charge in [-0.3, -0.25) is 9.78 Å². The number of aromatic nitrogens is 2. The van der Waals surface area contributed by atoms with Crippen molar-refractivity contribution in [3.05, 3.63) is 71.2 Å². The summed E-state index contributed by atoms with van der Waals surface area (Å²) in [6, 6.07) is 9.57. The summed E-state index contributed by atoms with van der Waals surface area (Å²) in [5.41, 5.74) is 4.48. The largest absolute Gasteiger partial charge is 0.573 e. The molecule has 4 nitrogen and oxygen atoms in total. The molecule has 0 saturated heterocycles. The van der Waals surface area contributed by atoms with E-state index in [1.807, 2.05) is 12.1 Å². The fraction of sp³-hybridized carbons (Fsp3) is 0.304. The summed E-state index contributed by atoms with van der Waals surface area (Å²) in [5.74, 6) is -0.224. The Balaban J connectivity index is 1.79. The van der Waals surface area contributed by atoms with Crippen molar-refractivity contribution in [2.75, 3.05) is 0 Å². The molecule has 1 aromatic carbocycles. The standard InChI is InChI=1S/C23H21F3N2O2/c1-22(2)12-18-20(19(29)13-22)17(21(28-18)15-6-8-27-9-7-15)11-14-4-3-5-16(10-14)30-23(24,25)26/h3-10,28H,11-13H2,1-2H3. The maximum atomic E-state index is 13.0. The number of halogens is 3. The Morgan fingerprint density at radius 2 is 1.87 bits per heavy atom. The third-order valence-corrected chi connectivity index (χ3v) is 5.24. The van der Waals surface area contributed by atoms with Crippen LogP contribution >= 0.6 is 0 Å². The predicted octanol–water partition coefficient (Wildman–Crippen LogP) is 5.72. The van der Waals surface area contributed by atoms with Gasteiger partial charge in [0.15, 0.2) is 5.78 Å². The Hall–Kier alpha value is -3.09. The van der Waals surface area contributed by atoms with Crippen molar-refractivity contribution in [1.29, 1.82) is 0 Å². The first-order chi connectivity index (χ1) is 14.1. The minimum Gasteiger partial charge on any atom is -0.406 e. The molecule has 7 heteroatoms. The summed E-state index contributed by atoms with van der Waals surface area (Å²) in [6.45, 7) is 4.11. The van der Waals surface area contributed by atoms with Gasteiger partial charge in [0.25, 0.3) is 0 Å². The molecule has 156 valence electrons. The lowest BCUT2D eigenvalue weighted by atomic mass is 9.75. The van der Waals surface area contributed by atoms with Gasteiger partial charge in [0.2, 0.25) is 0 Å². The Labute approximate surface area is 172 Å². The summed E-state index contributed by atoms with van der Waals surface area (Å²) in [5, 5.41) is 0. The molecule has 2 aromatic heterocycles. The van der Waals surface area contributed by atoms with Crippen molar-refractivity contribution in [2.24, 2.45) is 5.41 Å². The number of rotatable bonds is 4. The van der Waals surface area contributed by atoms with Crippen molar-refractivity contribution in [2.45, 2.75) is 39.5 Å². The molecule has 4 rings (SSSR count). The minimum atomic E-state index is -4.75. The average Bonchev–Trinajstić information content (AvgIpc) is 2.98. The van der Waals surface area contributed by atoms with E-state index in [9.17, 15) is 18.0 Å². The number of benzene rings is 1. The summed E-state index contributed by atoms with van der Waals surface area (Å²) < 4.78 is 41.9. The molecule has 0 aliphatic heterocycles. The highest BCUT2D eigenvalue weighted by molar-refractivity contribution is 6.02. The van der Waals surface area contributed by atoms with Gasteiger partial charge in [-0.1, -0.05) is 26.0 Å². The van der Waals surface area contributed by atoms with E-state index in [1.54, 1.807) is 18.5 Å². The number of aromatic amines is 1. The zero-order valence-electron chi connectivity index (χ0n) is 16.6. The first kappa shape index (κ1) is 20.2. The molecular weight excluding hydrogens is 393 g/mol. The van der Waals surface area contributed by atoms with Crippen LogP contribution < -0.4 is 4.74 Å². The molecule has 0 saturated carbocycles. The van der Waals surface area contributed by atoms with Gasteiger partial charge >= 0.3 is 6.36 Å². The number of pyridine rings is 1. The Morgan fingerprint density at radius 3 is 2.57 bits per heavy atom. The SMILES string of the molecule is CC1(C)CC(=O)c2c([nH]c(-c3ccncc3)c2Cc2cccc(OC(F)(F)F)c2)C1. The van der Waals surface area contributed by atoms with Gasteiger partial charge in [0.05, 0.1) is 5.69 Å². The molecule has 0 bridgehead atoms. The zero-order valence-corrected chi connectivity index (χ0v) is 16.6. The van der Waals surface area contributed by atoms with Gasteiger partial charge in [0, 0.05) is 42.1 Å². The summed E-state index contributed by atoms with van der Waals surface area (Å²) in [6.07, 6.45) is 0.0482. The van der Waals surface area contributed by atoms with Gasteiger partial charge in [0.1, 0.15) is 5.75 Å². The van der Waals surface area contributed by atoms with Crippen molar-refractivity contribution in [3.8, 4) is 17.0 Å². The molecule has 30 heavy (non-hydrogen) atoms. The number of nitrogens with one attached hydrogen (secondary N) is 1. The first-order valence-corrected chi connectivity index (χ1v) is 9.63. The Kier molecular flexibility index (Phi) is 4.92. The third kappa shape index (κ3) is 4.25. The highest BCUT2D eigenvalue weighted by Gasteiger charge is 2.35. The second-order valence-corrected chi connectivity index (χ2v) is 8.38. The molecule has 3 aromatic rings. The number of Topliss-reactive ketones (excluding diaryl/α,β-unsaturated/α-hetero) is 1. The molecule has 0 unspecified atom stereocenters. The minimum absolute atomic E-state index is 0.0514. The lowest BCUT2D eigenvalue weighted by Gasteiger charge is -2.28. The van der Waals surface area contributed by atoms with Gasteiger partial charge in [-0.15, -0.1) is 13.2 Å². The number of hydrogen-bond acceptors (Lipinski definition) is 3. The van der Waals surface area contributed by atoms with Crippen LogP contribution in [0.15, 0.2) is 48.8 Å².